The molecule has 150 valence electrons. The summed E-state index contributed by atoms with van der Waals surface area (Å²) in [6.07, 6.45) is 1.26. The molecule has 0 saturated heterocycles. The van der Waals surface area contributed by atoms with Gasteiger partial charge in [-0.15, -0.1) is 0 Å². The van der Waals surface area contributed by atoms with Crippen molar-refractivity contribution < 1.29 is 17.4 Å². The summed E-state index contributed by atoms with van der Waals surface area (Å²) in [5, 5.41) is 12.4. The van der Waals surface area contributed by atoms with Gasteiger partial charge in [0.25, 0.3) is 5.91 Å². The number of carbonyl (C=O) groups excluding carboxylic acids is 1. The van der Waals surface area contributed by atoms with Crippen LogP contribution in [0.5, 0.6) is 5.75 Å². The van der Waals surface area contributed by atoms with Crippen molar-refractivity contribution in [2.45, 2.75) is 4.90 Å². The molecular weight excluding hydrogens is 424 g/mol. The highest BCUT2D eigenvalue weighted by atomic mass is 35.5. The molecule has 0 spiro atoms. The predicted octanol–water partition coefficient (Wildman–Crippen LogP) is 4.65. The SMILES string of the molecule is N#C/C(=C\c1ccccc1OS(=O)(=O)c1ccccc1)C(=O)Nc1cccc(Cl)c1. The zero-order chi connectivity index (χ0) is 21.6. The van der Waals surface area contributed by atoms with Crippen molar-refractivity contribution >= 4 is 39.4 Å². The van der Waals surface area contributed by atoms with E-state index < -0.39 is 16.0 Å². The van der Waals surface area contributed by atoms with Crippen LogP contribution in [0.2, 0.25) is 5.02 Å². The second-order valence-corrected chi connectivity index (χ2v) is 8.01. The van der Waals surface area contributed by atoms with Gasteiger partial charge in [-0.2, -0.15) is 13.7 Å². The molecule has 0 aliphatic carbocycles. The number of hydrogen-bond acceptors (Lipinski definition) is 5. The molecule has 0 aliphatic heterocycles. The number of anilines is 1. The van der Waals surface area contributed by atoms with Gasteiger partial charge in [-0.05, 0) is 42.5 Å². The third kappa shape index (κ3) is 5.26. The summed E-state index contributed by atoms with van der Waals surface area (Å²) in [5.41, 5.74) is 0.447. The normalized spacial score (nSPS) is 11.4. The molecule has 6 nitrogen and oxygen atoms in total. The molecule has 3 rings (SSSR count). The maximum Gasteiger partial charge on any atom is 0.339 e. The first kappa shape index (κ1) is 21.1. The van der Waals surface area contributed by atoms with Gasteiger partial charge >= 0.3 is 10.1 Å². The lowest BCUT2D eigenvalue weighted by molar-refractivity contribution is -0.112. The van der Waals surface area contributed by atoms with E-state index in [2.05, 4.69) is 5.32 Å². The second-order valence-electron chi connectivity index (χ2n) is 6.02. The molecule has 8 heteroatoms. The van der Waals surface area contributed by atoms with Gasteiger partial charge in [0.15, 0.2) is 0 Å². The quantitative estimate of drug-likeness (QED) is 0.343. The molecule has 1 amide bonds. The van der Waals surface area contributed by atoms with Crippen LogP contribution in [-0.4, -0.2) is 14.3 Å². The highest BCUT2D eigenvalue weighted by molar-refractivity contribution is 7.87. The largest absolute Gasteiger partial charge is 0.378 e. The minimum atomic E-state index is -4.08. The average molecular weight is 439 g/mol. The number of nitrogens with zero attached hydrogens (tertiary/aromatic N) is 1. The van der Waals surface area contributed by atoms with Gasteiger partial charge in [0.1, 0.15) is 22.3 Å². The van der Waals surface area contributed by atoms with Gasteiger partial charge < -0.3 is 9.50 Å². The van der Waals surface area contributed by atoms with Crippen molar-refractivity contribution in [3.8, 4) is 11.8 Å². The molecule has 1 N–H and O–H groups in total. The van der Waals surface area contributed by atoms with Gasteiger partial charge in [0, 0.05) is 16.3 Å². The number of hydrogen-bond donors (Lipinski definition) is 1. The van der Waals surface area contributed by atoms with E-state index in [0.29, 0.717) is 10.7 Å². The summed E-state index contributed by atoms with van der Waals surface area (Å²) in [7, 11) is -4.08. The Hall–Kier alpha value is -3.60. The van der Waals surface area contributed by atoms with Gasteiger partial charge in [-0.3, -0.25) is 4.79 Å². The molecular formula is C22H15ClN2O4S. The van der Waals surface area contributed by atoms with Crippen LogP contribution in [0.3, 0.4) is 0 Å². The third-order valence-electron chi connectivity index (χ3n) is 3.90. The summed E-state index contributed by atoms with van der Waals surface area (Å²) in [6, 6.07) is 22.2. The Morgan fingerprint density at radius 3 is 2.40 bits per heavy atom. The number of nitriles is 1. The first-order valence-corrected chi connectivity index (χ1v) is 10.4. The standard InChI is InChI=1S/C22H15ClN2O4S/c23-18-8-6-9-19(14-18)25-22(26)17(15-24)13-16-7-4-5-12-21(16)29-30(27,28)20-10-2-1-3-11-20/h1-14H,(H,25,26)/b17-13+. The van der Waals surface area contributed by atoms with E-state index in [-0.39, 0.29) is 21.8 Å². The highest BCUT2D eigenvalue weighted by Crippen LogP contribution is 2.25. The molecule has 0 radical (unpaired) electrons. The van der Waals surface area contributed by atoms with Crippen LogP contribution < -0.4 is 9.50 Å². The van der Waals surface area contributed by atoms with Crippen molar-refractivity contribution in [2.24, 2.45) is 0 Å². The number of nitrogens with one attached hydrogen (secondary N) is 1. The molecule has 0 unspecified atom stereocenters. The number of amides is 1. The average Bonchev–Trinajstić information content (AvgIpc) is 2.73. The number of halogens is 1. The molecule has 3 aromatic carbocycles. The van der Waals surface area contributed by atoms with Crippen molar-refractivity contribution in [1.82, 2.24) is 0 Å². The Morgan fingerprint density at radius 1 is 1.00 bits per heavy atom. The Labute approximate surface area is 179 Å². The van der Waals surface area contributed by atoms with Crippen LogP contribution in [0.4, 0.5) is 5.69 Å². The third-order valence-corrected chi connectivity index (χ3v) is 5.38. The van der Waals surface area contributed by atoms with Gasteiger partial charge in [0.2, 0.25) is 0 Å². The maximum absolute atomic E-state index is 12.5. The summed E-state index contributed by atoms with van der Waals surface area (Å²) in [4.78, 5) is 12.5. The van der Waals surface area contributed by atoms with E-state index in [4.69, 9.17) is 15.8 Å². The molecule has 0 bridgehead atoms. The fourth-order valence-electron chi connectivity index (χ4n) is 2.50. The molecule has 0 fully saturated rings. The molecule has 0 aliphatic rings. The Balaban J connectivity index is 1.89. The van der Waals surface area contributed by atoms with Gasteiger partial charge in [-0.1, -0.05) is 54.1 Å². The van der Waals surface area contributed by atoms with Crippen molar-refractivity contribution in [3.63, 3.8) is 0 Å². The number of benzene rings is 3. The molecule has 0 atom stereocenters. The van der Waals surface area contributed by atoms with E-state index in [9.17, 15) is 18.5 Å². The summed E-state index contributed by atoms with van der Waals surface area (Å²) >= 11 is 5.90. The van der Waals surface area contributed by atoms with Crippen molar-refractivity contribution in [3.05, 3.63) is 95.0 Å². The summed E-state index contributed by atoms with van der Waals surface area (Å²) in [5.74, 6) is -0.676. The van der Waals surface area contributed by atoms with E-state index in [1.54, 1.807) is 54.6 Å². The first-order chi connectivity index (χ1) is 14.4. The van der Waals surface area contributed by atoms with Crippen LogP contribution in [-0.2, 0) is 14.9 Å². The minimum Gasteiger partial charge on any atom is -0.378 e. The number of para-hydroxylation sites is 1. The first-order valence-electron chi connectivity index (χ1n) is 8.66. The van der Waals surface area contributed by atoms with Crippen LogP contribution >= 0.6 is 11.6 Å². The fraction of sp³-hybridized carbons (Fsp3) is 0. The van der Waals surface area contributed by atoms with Crippen molar-refractivity contribution in [2.75, 3.05) is 5.32 Å². The Morgan fingerprint density at radius 2 is 1.70 bits per heavy atom. The zero-order valence-electron chi connectivity index (χ0n) is 15.4. The molecule has 0 heterocycles. The van der Waals surface area contributed by atoms with Gasteiger partial charge in [0.05, 0.1) is 0 Å². The lowest BCUT2D eigenvalue weighted by Crippen LogP contribution is -2.14. The van der Waals surface area contributed by atoms with Crippen LogP contribution in [0, 0.1) is 11.3 Å². The van der Waals surface area contributed by atoms with Crippen LogP contribution in [0.1, 0.15) is 5.56 Å². The van der Waals surface area contributed by atoms with E-state index in [1.807, 2.05) is 6.07 Å². The Kier molecular flexibility index (Phi) is 6.52. The number of rotatable bonds is 6. The van der Waals surface area contributed by atoms with E-state index in [0.717, 1.165) is 0 Å². The van der Waals surface area contributed by atoms with E-state index >= 15 is 0 Å². The van der Waals surface area contributed by atoms with Gasteiger partial charge in [-0.25, -0.2) is 0 Å². The lowest BCUT2D eigenvalue weighted by atomic mass is 10.1. The summed E-state index contributed by atoms with van der Waals surface area (Å²) in [6.45, 7) is 0. The van der Waals surface area contributed by atoms with E-state index in [1.165, 1.54) is 30.3 Å². The highest BCUT2D eigenvalue weighted by Gasteiger charge is 2.18. The van der Waals surface area contributed by atoms with Crippen LogP contribution in [0.25, 0.3) is 6.08 Å². The minimum absolute atomic E-state index is 0.00958. The maximum atomic E-state index is 12.5. The molecule has 0 saturated carbocycles. The monoisotopic (exact) mass is 438 g/mol. The predicted molar refractivity (Wildman–Crippen MR) is 114 cm³/mol. The molecule has 3 aromatic rings. The topological polar surface area (TPSA) is 96.3 Å². The molecule has 30 heavy (non-hydrogen) atoms. The number of carbonyl (C=O) groups is 1. The van der Waals surface area contributed by atoms with Crippen molar-refractivity contribution in [1.29, 1.82) is 5.26 Å². The Bertz CT molecular complexity index is 1250. The van der Waals surface area contributed by atoms with Crippen LogP contribution in [0.15, 0.2) is 89.3 Å². The zero-order valence-corrected chi connectivity index (χ0v) is 17.0. The molecule has 0 aromatic heterocycles. The fourth-order valence-corrected chi connectivity index (χ4v) is 3.66. The smallest absolute Gasteiger partial charge is 0.339 e. The lowest BCUT2D eigenvalue weighted by Gasteiger charge is -2.10. The summed E-state index contributed by atoms with van der Waals surface area (Å²) < 4.78 is 30.3. The second kappa shape index (κ2) is 9.27.